The zero-order valence-corrected chi connectivity index (χ0v) is 16.8. The van der Waals surface area contributed by atoms with E-state index in [1.807, 2.05) is 32.2 Å². The van der Waals surface area contributed by atoms with Gasteiger partial charge in [0.2, 0.25) is 10.0 Å². The number of benzene rings is 2. The molecule has 0 fully saturated rings. The number of hydrogen-bond donors (Lipinski definition) is 2. The molecular weight excluding hydrogens is 370 g/mol. The lowest BCUT2D eigenvalue weighted by molar-refractivity contribution is 0.182. The third-order valence-corrected chi connectivity index (χ3v) is 5.87. The van der Waals surface area contributed by atoms with E-state index >= 15 is 0 Å². The highest BCUT2D eigenvalue weighted by atomic mass is 32.2. The quantitative estimate of drug-likeness (QED) is 0.636. The first kappa shape index (κ1) is 20.8. The van der Waals surface area contributed by atoms with Gasteiger partial charge in [0.25, 0.3) is 0 Å². The summed E-state index contributed by atoms with van der Waals surface area (Å²) in [5.74, 6) is 1.03. The number of nitrogens with one attached hydrogen (secondary N) is 1. The standard InChI is InChI=1S/C19H25NO4S2/c1-14(2)13-24-16-6-10-18(11-7-16)26(22,23)20-12-19(21)15-4-8-17(25-3)9-5-15/h4-11,14,19-21H,12-13H2,1-3H3. The molecular formula is C19H25NO4S2. The first-order valence-electron chi connectivity index (χ1n) is 8.36. The number of hydrogen-bond acceptors (Lipinski definition) is 5. The molecule has 0 aliphatic heterocycles. The zero-order chi connectivity index (χ0) is 19.2. The molecule has 0 saturated carbocycles. The summed E-state index contributed by atoms with van der Waals surface area (Å²) in [7, 11) is -3.69. The van der Waals surface area contributed by atoms with Crippen molar-refractivity contribution in [2.75, 3.05) is 19.4 Å². The van der Waals surface area contributed by atoms with Crippen LogP contribution in [0.2, 0.25) is 0 Å². The van der Waals surface area contributed by atoms with Gasteiger partial charge in [0, 0.05) is 11.4 Å². The van der Waals surface area contributed by atoms with Crippen LogP contribution in [-0.4, -0.2) is 32.9 Å². The molecule has 2 rings (SSSR count). The second-order valence-corrected chi connectivity index (χ2v) is 8.96. The van der Waals surface area contributed by atoms with Crippen LogP contribution in [0.1, 0.15) is 25.5 Å². The average Bonchev–Trinajstić information content (AvgIpc) is 2.65. The van der Waals surface area contributed by atoms with E-state index < -0.39 is 16.1 Å². The van der Waals surface area contributed by atoms with Crippen molar-refractivity contribution >= 4 is 21.8 Å². The maximum absolute atomic E-state index is 12.4. The molecule has 0 amide bonds. The van der Waals surface area contributed by atoms with Crippen molar-refractivity contribution in [2.24, 2.45) is 5.92 Å². The van der Waals surface area contributed by atoms with Crippen LogP contribution in [0.15, 0.2) is 58.3 Å². The average molecular weight is 396 g/mol. The highest BCUT2D eigenvalue weighted by molar-refractivity contribution is 7.98. The van der Waals surface area contributed by atoms with Crippen molar-refractivity contribution in [2.45, 2.75) is 29.7 Å². The fraction of sp³-hybridized carbons (Fsp3) is 0.368. The smallest absolute Gasteiger partial charge is 0.240 e. The second kappa shape index (κ2) is 9.41. The van der Waals surface area contributed by atoms with Gasteiger partial charge in [0.15, 0.2) is 0 Å². The van der Waals surface area contributed by atoms with E-state index in [9.17, 15) is 13.5 Å². The Morgan fingerprint density at radius 2 is 1.69 bits per heavy atom. The Morgan fingerprint density at radius 1 is 1.08 bits per heavy atom. The molecule has 5 nitrogen and oxygen atoms in total. The fourth-order valence-electron chi connectivity index (χ4n) is 2.19. The van der Waals surface area contributed by atoms with E-state index in [1.54, 1.807) is 36.0 Å². The van der Waals surface area contributed by atoms with Gasteiger partial charge in [0.1, 0.15) is 5.75 Å². The summed E-state index contributed by atoms with van der Waals surface area (Å²) in [5, 5.41) is 10.2. The Morgan fingerprint density at radius 3 is 2.23 bits per heavy atom. The van der Waals surface area contributed by atoms with Crippen LogP contribution in [0.5, 0.6) is 5.75 Å². The lowest BCUT2D eigenvalue weighted by Crippen LogP contribution is -2.28. The van der Waals surface area contributed by atoms with Gasteiger partial charge in [-0.3, -0.25) is 0 Å². The molecule has 142 valence electrons. The first-order chi connectivity index (χ1) is 12.3. The molecule has 2 aromatic carbocycles. The van der Waals surface area contributed by atoms with E-state index in [2.05, 4.69) is 4.72 Å². The Bertz CT molecular complexity index is 787. The summed E-state index contributed by atoms with van der Waals surface area (Å²) in [4.78, 5) is 1.22. The van der Waals surface area contributed by atoms with Crippen molar-refractivity contribution in [3.05, 3.63) is 54.1 Å². The number of aliphatic hydroxyl groups excluding tert-OH is 1. The van der Waals surface area contributed by atoms with E-state index in [0.29, 0.717) is 23.8 Å². The predicted octanol–water partition coefficient (Wildman–Crippen LogP) is 3.46. The number of sulfonamides is 1. The van der Waals surface area contributed by atoms with Crippen LogP contribution in [0.4, 0.5) is 0 Å². The van der Waals surface area contributed by atoms with Crippen molar-refractivity contribution < 1.29 is 18.3 Å². The molecule has 0 aliphatic rings. The third-order valence-electron chi connectivity index (χ3n) is 3.68. The zero-order valence-electron chi connectivity index (χ0n) is 15.2. The fourth-order valence-corrected chi connectivity index (χ4v) is 3.64. The molecule has 0 radical (unpaired) electrons. The van der Waals surface area contributed by atoms with Gasteiger partial charge in [-0.15, -0.1) is 11.8 Å². The van der Waals surface area contributed by atoms with Crippen LogP contribution in [0, 0.1) is 5.92 Å². The maximum atomic E-state index is 12.4. The van der Waals surface area contributed by atoms with Crippen LogP contribution >= 0.6 is 11.8 Å². The SMILES string of the molecule is CSc1ccc(C(O)CNS(=O)(=O)c2ccc(OCC(C)C)cc2)cc1. The maximum Gasteiger partial charge on any atom is 0.240 e. The molecule has 26 heavy (non-hydrogen) atoms. The van der Waals surface area contributed by atoms with E-state index in [4.69, 9.17) is 4.74 Å². The minimum atomic E-state index is -3.69. The highest BCUT2D eigenvalue weighted by Crippen LogP contribution is 2.20. The molecule has 7 heteroatoms. The van der Waals surface area contributed by atoms with Crippen molar-refractivity contribution in [1.29, 1.82) is 0 Å². The third kappa shape index (κ3) is 6.02. The number of ether oxygens (including phenoxy) is 1. The van der Waals surface area contributed by atoms with Crippen LogP contribution in [-0.2, 0) is 10.0 Å². The van der Waals surface area contributed by atoms with Gasteiger partial charge in [-0.05, 0) is 54.1 Å². The summed E-state index contributed by atoms with van der Waals surface area (Å²) in [6.07, 6.45) is 1.06. The van der Waals surface area contributed by atoms with Crippen LogP contribution in [0.3, 0.4) is 0 Å². The molecule has 0 saturated heterocycles. The molecule has 0 bridgehead atoms. The number of thioether (sulfide) groups is 1. The largest absolute Gasteiger partial charge is 0.493 e. The normalized spacial score (nSPS) is 13.0. The van der Waals surface area contributed by atoms with Gasteiger partial charge in [-0.25, -0.2) is 13.1 Å². The second-order valence-electron chi connectivity index (χ2n) is 6.32. The van der Waals surface area contributed by atoms with Gasteiger partial charge < -0.3 is 9.84 Å². The molecule has 0 aromatic heterocycles. The lowest BCUT2D eigenvalue weighted by atomic mass is 10.1. The van der Waals surface area contributed by atoms with Gasteiger partial charge >= 0.3 is 0 Å². The highest BCUT2D eigenvalue weighted by Gasteiger charge is 2.17. The van der Waals surface area contributed by atoms with E-state index in [0.717, 1.165) is 4.90 Å². The van der Waals surface area contributed by atoms with Crippen molar-refractivity contribution in [1.82, 2.24) is 4.72 Å². The summed E-state index contributed by atoms with van der Waals surface area (Å²) >= 11 is 1.61. The van der Waals surface area contributed by atoms with E-state index in [-0.39, 0.29) is 11.4 Å². The van der Waals surface area contributed by atoms with Crippen molar-refractivity contribution in [3.63, 3.8) is 0 Å². The molecule has 0 heterocycles. The summed E-state index contributed by atoms with van der Waals surface area (Å²) in [6.45, 7) is 4.57. The Balaban J connectivity index is 1.96. The molecule has 0 aliphatic carbocycles. The first-order valence-corrected chi connectivity index (χ1v) is 11.1. The van der Waals surface area contributed by atoms with Gasteiger partial charge in [0.05, 0.1) is 17.6 Å². The summed E-state index contributed by atoms with van der Waals surface area (Å²) < 4.78 is 32.8. The Kier molecular flexibility index (Phi) is 7.52. The number of rotatable bonds is 9. The number of aliphatic hydroxyl groups is 1. The molecule has 1 unspecified atom stereocenters. The molecule has 2 N–H and O–H groups in total. The monoisotopic (exact) mass is 395 g/mol. The lowest BCUT2D eigenvalue weighted by Gasteiger charge is -2.14. The minimum absolute atomic E-state index is 0.0907. The predicted molar refractivity (Wildman–Crippen MR) is 105 cm³/mol. The van der Waals surface area contributed by atoms with Crippen LogP contribution < -0.4 is 9.46 Å². The molecule has 2 aromatic rings. The van der Waals surface area contributed by atoms with Crippen molar-refractivity contribution in [3.8, 4) is 5.75 Å². The van der Waals surface area contributed by atoms with Gasteiger partial charge in [-0.1, -0.05) is 26.0 Å². The van der Waals surface area contributed by atoms with E-state index in [1.165, 1.54) is 12.1 Å². The Hall–Kier alpha value is -1.54. The minimum Gasteiger partial charge on any atom is -0.493 e. The Labute approximate surface area is 159 Å². The summed E-state index contributed by atoms with van der Waals surface area (Å²) in [5.41, 5.74) is 0.669. The summed E-state index contributed by atoms with van der Waals surface area (Å²) in [6, 6.07) is 13.6. The van der Waals surface area contributed by atoms with Gasteiger partial charge in [-0.2, -0.15) is 0 Å². The molecule has 0 spiro atoms. The topological polar surface area (TPSA) is 75.6 Å². The van der Waals surface area contributed by atoms with Crippen LogP contribution in [0.25, 0.3) is 0 Å². The molecule has 1 atom stereocenters.